The van der Waals surface area contributed by atoms with E-state index in [-0.39, 0.29) is 24.2 Å². The molecule has 0 spiro atoms. The summed E-state index contributed by atoms with van der Waals surface area (Å²) in [4.78, 5) is 38.3. The molecule has 0 bridgehead atoms. The van der Waals surface area contributed by atoms with Gasteiger partial charge in [-0.25, -0.2) is 0 Å². The first-order valence-corrected chi connectivity index (χ1v) is 12.6. The standard InChI is InChI=1S/C32H30O6/c1-5-20-7-9-22(10-8-20)13-16-24-25-17-32(30(35)37-3,31(36)38-4)18-26(25)29(34)27(19-33)28(24)23-14-11-21(6-2)12-15-23/h7-12,14-15,19,34H,5-6,17-18H2,1-4H3. The number of hydrogen-bond acceptors (Lipinski definition) is 6. The second-order valence-corrected chi connectivity index (χ2v) is 9.36. The zero-order valence-corrected chi connectivity index (χ0v) is 22.0. The molecule has 0 fully saturated rings. The quantitative estimate of drug-likeness (QED) is 0.221. The van der Waals surface area contributed by atoms with E-state index < -0.39 is 17.4 Å². The maximum atomic E-state index is 12.9. The van der Waals surface area contributed by atoms with E-state index in [1.165, 1.54) is 19.8 Å². The molecule has 0 amide bonds. The molecule has 38 heavy (non-hydrogen) atoms. The van der Waals surface area contributed by atoms with Gasteiger partial charge in [-0.15, -0.1) is 0 Å². The molecule has 3 aromatic rings. The monoisotopic (exact) mass is 510 g/mol. The molecule has 4 rings (SSSR count). The molecule has 0 saturated carbocycles. The second-order valence-electron chi connectivity index (χ2n) is 9.36. The van der Waals surface area contributed by atoms with Crippen LogP contribution in [-0.2, 0) is 44.7 Å². The fraction of sp³-hybridized carbons (Fsp3) is 0.281. The summed E-state index contributed by atoms with van der Waals surface area (Å²) in [6.45, 7) is 4.12. The number of aryl methyl sites for hydroxylation is 2. The highest BCUT2D eigenvalue weighted by Gasteiger charge is 2.54. The van der Waals surface area contributed by atoms with E-state index in [1.807, 2.05) is 55.5 Å². The Morgan fingerprint density at radius 3 is 1.89 bits per heavy atom. The Balaban J connectivity index is 2.02. The van der Waals surface area contributed by atoms with Crippen LogP contribution in [0.4, 0.5) is 0 Å². The third-order valence-electron chi connectivity index (χ3n) is 7.30. The van der Waals surface area contributed by atoms with Gasteiger partial charge in [0.1, 0.15) is 5.75 Å². The van der Waals surface area contributed by atoms with Gasteiger partial charge in [0.2, 0.25) is 0 Å². The molecule has 1 aliphatic carbocycles. The molecule has 0 radical (unpaired) electrons. The molecule has 194 valence electrons. The predicted molar refractivity (Wildman–Crippen MR) is 144 cm³/mol. The fourth-order valence-electron chi connectivity index (χ4n) is 5.09. The molecular weight excluding hydrogens is 480 g/mol. The van der Waals surface area contributed by atoms with Crippen molar-refractivity contribution in [1.82, 2.24) is 0 Å². The van der Waals surface area contributed by atoms with E-state index in [2.05, 4.69) is 18.8 Å². The molecule has 6 heteroatoms. The van der Waals surface area contributed by atoms with E-state index in [9.17, 15) is 19.5 Å². The number of benzene rings is 3. The van der Waals surface area contributed by atoms with Gasteiger partial charge in [0.05, 0.1) is 19.8 Å². The summed E-state index contributed by atoms with van der Waals surface area (Å²) in [5.41, 5.74) is 3.93. The van der Waals surface area contributed by atoms with Crippen molar-refractivity contribution in [3.63, 3.8) is 0 Å². The van der Waals surface area contributed by atoms with Crippen LogP contribution in [0.3, 0.4) is 0 Å². The van der Waals surface area contributed by atoms with Crippen LogP contribution in [0.15, 0.2) is 48.5 Å². The summed E-state index contributed by atoms with van der Waals surface area (Å²) in [6.07, 6.45) is 2.10. The first-order chi connectivity index (χ1) is 18.3. The van der Waals surface area contributed by atoms with Crippen molar-refractivity contribution >= 4 is 18.2 Å². The van der Waals surface area contributed by atoms with E-state index >= 15 is 0 Å². The number of ether oxygens (including phenoxy) is 2. The molecule has 0 atom stereocenters. The molecule has 3 aromatic carbocycles. The first kappa shape index (κ1) is 26.7. The molecule has 0 unspecified atom stereocenters. The molecule has 6 nitrogen and oxygen atoms in total. The lowest BCUT2D eigenvalue weighted by Gasteiger charge is -2.22. The van der Waals surface area contributed by atoms with Gasteiger partial charge in [-0.05, 0) is 47.2 Å². The lowest BCUT2D eigenvalue weighted by atomic mass is 9.84. The molecular formula is C32H30O6. The van der Waals surface area contributed by atoms with Crippen molar-refractivity contribution in [1.29, 1.82) is 0 Å². The van der Waals surface area contributed by atoms with Crippen molar-refractivity contribution in [3.05, 3.63) is 87.5 Å². The summed E-state index contributed by atoms with van der Waals surface area (Å²) in [5, 5.41) is 11.3. The van der Waals surface area contributed by atoms with Crippen LogP contribution in [-0.4, -0.2) is 37.6 Å². The number of carbonyl (C=O) groups is 3. The summed E-state index contributed by atoms with van der Waals surface area (Å²) in [7, 11) is 2.40. The summed E-state index contributed by atoms with van der Waals surface area (Å²) < 4.78 is 9.99. The number of methoxy groups -OCH3 is 2. The smallest absolute Gasteiger partial charge is 0.323 e. The Labute approximate surface area is 222 Å². The molecule has 0 saturated heterocycles. The zero-order chi connectivity index (χ0) is 27.4. The number of aromatic hydroxyl groups is 1. The topological polar surface area (TPSA) is 89.9 Å². The van der Waals surface area contributed by atoms with Gasteiger partial charge in [-0.1, -0.05) is 62.1 Å². The van der Waals surface area contributed by atoms with Crippen molar-refractivity contribution < 1.29 is 29.0 Å². The Morgan fingerprint density at radius 1 is 0.868 bits per heavy atom. The van der Waals surface area contributed by atoms with Crippen LogP contribution >= 0.6 is 0 Å². The van der Waals surface area contributed by atoms with Gasteiger partial charge in [-0.3, -0.25) is 14.4 Å². The highest BCUT2D eigenvalue weighted by molar-refractivity contribution is 6.03. The Kier molecular flexibility index (Phi) is 7.68. The number of carbonyl (C=O) groups excluding carboxylic acids is 3. The maximum Gasteiger partial charge on any atom is 0.323 e. The Hall–Kier alpha value is -4.37. The van der Waals surface area contributed by atoms with Crippen molar-refractivity contribution in [3.8, 4) is 28.7 Å². The van der Waals surface area contributed by atoms with Crippen LogP contribution < -0.4 is 0 Å². The van der Waals surface area contributed by atoms with Gasteiger partial charge < -0.3 is 14.6 Å². The second kappa shape index (κ2) is 10.9. The zero-order valence-electron chi connectivity index (χ0n) is 22.0. The lowest BCUT2D eigenvalue weighted by molar-refractivity contribution is -0.168. The van der Waals surface area contributed by atoms with Crippen LogP contribution in [0.5, 0.6) is 5.75 Å². The number of fused-ring (bicyclic) bond motifs is 1. The van der Waals surface area contributed by atoms with Crippen LogP contribution in [0.2, 0.25) is 0 Å². The minimum Gasteiger partial charge on any atom is -0.507 e. The van der Waals surface area contributed by atoms with E-state index in [0.717, 1.165) is 24.0 Å². The van der Waals surface area contributed by atoms with Gasteiger partial charge in [0, 0.05) is 35.1 Å². The first-order valence-electron chi connectivity index (χ1n) is 12.6. The highest BCUT2D eigenvalue weighted by Crippen LogP contribution is 2.48. The van der Waals surface area contributed by atoms with Crippen molar-refractivity contribution in [2.45, 2.75) is 39.5 Å². The fourth-order valence-corrected chi connectivity index (χ4v) is 5.09. The Morgan fingerprint density at radius 2 is 1.39 bits per heavy atom. The minimum absolute atomic E-state index is 0.0594. The van der Waals surface area contributed by atoms with Crippen molar-refractivity contribution in [2.75, 3.05) is 14.2 Å². The summed E-state index contributed by atoms with van der Waals surface area (Å²) >= 11 is 0. The predicted octanol–water partition coefficient (Wildman–Crippen LogP) is 4.83. The third kappa shape index (κ3) is 4.56. The van der Waals surface area contributed by atoms with Crippen LogP contribution in [0.25, 0.3) is 11.1 Å². The third-order valence-corrected chi connectivity index (χ3v) is 7.30. The van der Waals surface area contributed by atoms with E-state index in [4.69, 9.17) is 9.47 Å². The average Bonchev–Trinajstić information content (AvgIpc) is 3.38. The molecule has 0 heterocycles. The van der Waals surface area contributed by atoms with E-state index in [0.29, 0.717) is 34.1 Å². The normalized spacial score (nSPS) is 13.2. The largest absolute Gasteiger partial charge is 0.507 e. The minimum atomic E-state index is -1.69. The molecule has 0 aliphatic heterocycles. The molecule has 1 N–H and O–H groups in total. The SMILES string of the molecule is CCc1ccc(C#Cc2c3c(c(O)c(C=O)c2-c2ccc(CC)cc2)CC(C(=O)OC)(C(=O)OC)C3)cc1. The van der Waals surface area contributed by atoms with Gasteiger partial charge in [0.15, 0.2) is 11.7 Å². The molecule has 1 aliphatic rings. The summed E-state index contributed by atoms with van der Waals surface area (Å²) in [6, 6.07) is 15.6. The maximum absolute atomic E-state index is 12.9. The number of phenols is 1. The summed E-state index contributed by atoms with van der Waals surface area (Å²) in [5.74, 6) is 4.60. The van der Waals surface area contributed by atoms with Gasteiger partial charge in [-0.2, -0.15) is 0 Å². The van der Waals surface area contributed by atoms with Crippen molar-refractivity contribution in [2.24, 2.45) is 5.41 Å². The lowest BCUT2D eigenvalue weighted by Crippen LogP contribution is -2.42. The number of rotatable bonds is 6. The van der Waals surface area contributed by atoms with Crippen LogP contribution in [0, 0.1) is 17.3 Å². The number of phenolic OH excluding ortho intramolecular Hbond substituents is 1. The average molecular weight is 511 g/mol. The highest BCUT2D eigenvalue weighted by atomic mass is 16.5. The van der Waals surface area contributed by atoms with Gasteiger partial charge in [0.25, 0.3) is 0 Å². The Bertz CT molecular complexity index is 1440. The number of hydrogen-bond donors (Lipinski definition) is 1. The number of esters is 2. The molecule has 0 aromatic heterocycles. The van der Waals surface area contributed by atoms with E-state index in [1.54, 1.807) is 0 Å². The van der Waals surface area contributed by atoms with Crippen LogP contribution in [0.1, 0.15) is 57.6 Å². The van der Waals surface area contributed by atoms with Gasteiger partial charge >= 0.3 is 11.9 Å². The number of aldehydes is 1.